The minimum absolute atomic E-state index is 0.315. The molecule has 0 saturated heterocycles. The van der Waals surface area contributed by atoms with E-state index in [4.69, 9.17) is 9.84 Å². The van der Waals surface area contributed by atoms with Gasteiger partial charge >= 0.3 is 5.97 Å². The predicted octanol–water partition coefficient (Wildman–Crippen LogP) is 3.81. The molecule has 20 heavy (non-hydrogen) atoms. The van der Waals surface area contributed by atoms with Crippen LogP contribution < -0.4 is 10.1 Å². The number of nitrogens with one attached hydrogen (secondary N) is 1. The Labute approximate surface area is 122 Å². The summed E-state index contributed by atoms with van der Waals surface area (Å²) in [5, 5.41) is 12.9. The van der Waals surface area contributed by atoms with Gasteiger partial charge in [0.2, 0.25) is 0 Å². The van der Waals surface area contributed by atoms with E-state index >= 15 is 0 Å². The molecule has 2 aromatic heterocycles. The maximum atomic E-state index is 10.9. The van der Waals surface area contributed by atoms with Gasteiger partial charge in [-0.15, -0.1) is 11.3 Å². The predicted molar refractivity (Wildman–Crippen MR) is 80.7 cm³/mol. The molecule has 0 aliphatic carbocycles. The number of nitrogens with zero attached hydrogens (tertiary/aromatic N) is 1. The average molecular weight is 306 g/mol. The van der Waals surface area contributed by atoms with Crippen LogP contribution in [0.5, 0.6) is 5.75 Å². The number of carboxylic acid groups (broad SMARTS) is 1. The number of thiazole rings is 1. The molecule has 0 aliphatic rings. The Morgan fingerprint density at radius 2 is 2.05 bits per heavy atom. The number of carboxylic acids is 1. The number of thiophene rings is 1. The molecule has 0 atom stereocenters. The quantitative estimate of drug-likeness (QED) is 0.767. The number of hydrogen-bond donors (Lipinski definition) is 2. The van der Waals surface area contributed by atoms with Crippen molar-refractivity contribution in [2.75, 3.05) is 12.4 Å². The fraction of sp³-hybridized carbons (Fsp3) is 0.0769. The van der Waals surface area contributed by atoms with E-state index in [0.717, 1.165) is 20.6 Å². The lowest BCUT2D eigenvalue weighted by atomic mass is 10.3. The summed E-state index contributed by atoms with van der Waals surface area (Å²) in [4.78, 5) is 15.6. The van der Waals surface area contributed by atoms with E-state index in [9.17, 15) is 4.79 Å². The van der Waals surface area contributed by atoms with Crippen molar-refractivity contribution in [3.05, 3.63) is 35.2 Å². The van der Waals surface area contributed by atoms with E-state index in [1.807, 2.05) is 24.3 Å². The number of fused-ring (bicyclic) bond motifs is 1. The molecule has 2 N–H and O–H groups in total. The summed E-state index contributed by atoms with van der Waals surface area (Å²) in [5.41, 5.74) is 1.62. The largest absolute Gasteiger partial charge is 0.497 e. The highest BCUT2D eigenvalue weighted by atomic mass is 32.2. The number of anilines is 2. The van der Waals surface area contributed by atoms with Crippen LogP contribution in [-0.2, 0) is 0 Å². The maximum Gasteiger partial charge on any atom is 0.345 e. The first-order chi connectivity index (χ1) is 9.65. The maximum absolute atomic E-state index is 10.9. The number of aromatic carboxylic acids is 1. The van der Waals surface area contributed by atoms with Crippen molar-refractivity contribution in [2.24, 2.45) is 0 Å². The Hall–Kier alpha value is -2.12. The van der Waals surface area contributed by atoms with Crippen molar-refractivity contribution in [3.8, 4) is 5.75 Å². The van der Waals surface area contributed by atoms with Crippen LogP contribution in [0.15, 0.2) is 30.3 Å². The monoisotopic (exact) mass is 306 g/mol. The molecule has 0 radical (unpaired) electrons. The molecule has 5 nitrogen and oxygen atoms in total. The first-order valence-electron chi connectivity index (χ1n) is 5.70. The van der Waals surface area contributed by atoms with Gasteiger partial charge in [0.25, 0.3) is 0 Å². The fourth-order valence-corrected chi connectivity index (χ4v) is 3.73. The molecule has 102 valence electrons. The standard InChI is InChI=1S/C13H10N2O3S2/c1-18-8-4-2-7(3-5-8)14-13-15-9-6-10(11(16)17)19-12(9)20-13/h2-6H,1H3,(H,14,15)(H,16,17). The lowest BCUT2D eigenvalue weighted by molar-refractivity contribution is 0.0702. The molecule has 0 spiro atoms. The summed E-state index contributed by atoms with van der Waals surface area (Å²) in [6.45, 7) is 0. The number of benzene rings is 1. The number of ether oxygens (including phenoxy) is 1. The van der Waals surface area contributed by atoms with Crippen molar-refractivity contribution in [3.63, 3.8) is 0 Å². The molecule has 0 amide bonds. The second kappa shape index (κ2) is 5.10. The zero-order chi connectivity index (χ0) is 14.1. The van der Waals surface area contributed by atoms with Crippen LogP contribution in [0.3, 0.4) is 0 Å². The van der Waals surface area contributed by atoms with E-state index in [1.54, 1.807) is 13.2 Å². The highest BCUT2D eigenvalue weighted by Gasteiger charge is 2.12. The first-order valence-corrected chi connectivity index (χ1v) is 7.34. The van der Waals surface area contributed by atoms with E-state index in [-0.39, 0.29) is 0 Å². The van der Waals surface area contributed by atoms with Crippen molar-refractivity contribution >= 4 is 49.0 Å². The molecule has 0 aliphatic heterocycles. The molecular formula is C13H10N2O3S2. The van der Waals surface area contributed by atoms with E-state index in [2.05, 4.69) is 10.3 Å². The lowest BCUT2D eigenvalue weighted by Gasteiger charge is -2.03. The minimum atomic E-state index is -0.912. The van der Waals surface area contributed by atoms with Crippen LogP contribution in [-0.4, -0.2) is 23.2 Å². The smallest absolute Gasteiger partial charge is 0.345 e. The summed E-state index contributed by atoms with van der Waals surface area (Å²) in [7, 11) is 1.62. The molecule has 1 aromatic carbocycles. The minimum Gasteiger partial charge on any atom is -0.497 e. The highest BCUT2D eigenvalue weighted by molar-refractivity contribution is 7.40. The molecule has 3 aromatic rings. The summed E-state index contributed by atoms with van der Waals surface area (Å²) in [6.07, 6.45) is 0. The van der Waals surface area contributed by atoms with Gasteiger partial charge in [-0.05, 0) is 30.3 Å². The summed E-state index contributed by atoms with van der Waals surface area (Å²) >= 11 is 2.68. The second-order valence-corrected chi connectivity index (χ2v) is 6.27. The van der Waals surface area contributed by atoms with Crippen LogP contribution in [0.25, 0.3) is 9.53 Å². The fourth-order valence-electron chi connectivity index (χ4n) is 1.69. The second-order valence-electron chi connectivity index (χ2n) is 3.96. The number of methoxy groups -OCH3 is 1. The van der Waals surface area contributed by atoms with Gasteiger partial charge in [-0.1, -0.05) is 11.3 Å². The van der Waals surface area contributed by atoms with Crippen molar-refractivity contribution in [1.29, 1.82) is 0 Å². The van der Waals surface area contributed by atoms with Crippen LogP contribution in [0.2, 0.25) is 0 Å². The molecule has 0 unspecified atom stereocenters. The third kappa shape index (κ3) is 2.45. The lowest BCUT2D eigenvalue weighted by Crippen LogP contribution is -1.91. The molecule has 0 bridgehead atoms. The van der Waals surface area contributed by atoms with Crippen molar-refractivity contribution in [2.45, 2.75) is 0 Å². The van der Waals surface area contributed by atoms with Gasteiger partial charge in [-0.25, -0.2) is 9.78 Å². The molecule has 0 fully saturated rings. The van der Waals surface area contributed by atoms with E-state index in [1.165, 1.54) is 22.7 Å². The van der Waals surface area contributed by atoms with Crippen LogP contribution in [0.1, 0.15) is 9.67 Å². The van der Waals surface area contributed by atoms with Crippen LogP contribution in [0, 0.1) is 0 Å². The topological polar surface area (TPSA) is 71.5 Å². The number of aromatic nitrogens is 1. The normalized spacial score (nSPS) is 10.7. The first kappa shape index (κ1) is 12.9. The Bertz CT molecular complexity index is 730. The van der Waals surface area contributed by atoms with Crippen LogP contribution >= 0.6 is 22.7 Å². The van der Waals surface area contributed by atoms with Gasteiger partial charge in [-0.2, -0.15) is 0 Å². The summed E-state index contributed by atoms with van der Waals surface area (Å²) in [6, 6.07) is 9.12. The summed E-state index contributed by atoms with van der Waals surface area (Å²) < 4.78 is 6.00. The van der Waals surface area contributed by atoms with Gasteiger partial charge in [0.15, 0.2) is 5.13 Å². The van der Waals surface area contributed by atoms with Crippen LogP contribution in [0.4, 0.5) is 10.8 Å². The summed E-state index contributed by atoms with van der Waals surface area (Å²) in [5.74, 6) is -0.119. The zero-order valence-corrected chi connectivity index (χ0v) is 12.0. The van der Waals surface area contributed by atoms with Gasteiger partial charge in [-0.3, -0.25) is 0 Å². The third-order valence-corrected chi connectivity index (χ3v) is 4.83. The highest BCUT2D eigenvalue weighted by Crippen LogP contribution is 2.34. The Morgan fingerprint density at radius 3 is 2.65 bits per heavy atom. The Balaban J connectivity index is 1.83. The molecular weight excluding hydrogens is 296 g/mol. The molecule has 2 heterocycles. The molecule has 3 rings (SSSR count). The van der Waals surface area contributed by atoms with Crippen molar-refractivity contribution < 1.29 is 14.6 Å². The van der Waals surface area contributed by atoms with E-state index < -0.39 is 5.97 Å². The van der Waals surface area contributed by atoms with Crippen molar-refractivity contribution in [1.82, 2.24) is 4.98 Å². The third-order valence-electron chi connectivity index (χ3n) is 2.64. The van der Waals surface area contributed by atoms with Gasteiger partial charge < -0.3 is 15.2 Å². The van der Waals surface area contributed by atoms with Gasteiger partial charge in [0.05, 0.1) is 12.6 Å². The number of hydrogen-bond acceptors (Lipinski definition) is 6. The van der Waals surface area contributed by atoms with Gasteiger partial charge in [0, 0.05) is 5.69 Å². The Morgan fingerprint density at radius 1 is 1.30 bits per heavy atom. The Kier molecular flexibility index (Phi) is 3.29. The molecule has 7 heteroatoms. The molecule has 0 saturated carbocycles. The number of carbonyl (C=O) groups is 1. The number of rotatable bonds is 4. The average Bonchev–Trinajstić information content (AvgIpc) is 2.97. The zero-order valence-electron chi connectivity index (χ0n) is 10.4. The van der Waals surface area contributed by atoms with Gasteiger partial charge in [0.1, 0.15) is 14.6 Å². The SMILES string of the molecule is COc1ccc(Nc2nc3cc(C(=O)O)sc3s2)cc1. The van der Waals surface area contributed by atoms with E-state index in [0.29, 0.717) is 10.4 Å².